The standard InChI is InChI=1S/C11H10N4O2/c16-11-12-6-10(17-11)9-7-15(14-13-9)8-4-2-1-3-5-8/h1-5,7,10H,6H2,(H,12,16). The van der Waals surface area contributed by atoms with Crippen molar-refractivity contribution in [2.24, 2.45) is 0 Å². The molecule has 0 aliphatic carbocycles. The molecule has 1 N–H and O–H groups in total. The van der Waals surface area contributed by atoms with E-state index in [1.165, 1.54) is 0 Å². The van der Waals surface area contributed by atoms with Gasteiger partial charge in [0, 0.05) is 0 Å². The maximum absolute atomic E-state index is 10.9. The van der Waals surface area contributed by atoms with Gasteiger partial charge in [-0.3, -0.25) is 0 Å². The number of hydrogen-bond donors (Lipinski definition) is 1. The number of amides is 1. The molecule has 0 saturated carbocycles. The third-order valence-electron chi connectivity index (χ3n) is 2.54. The molecule has 86 valence electrons. The second kappa shape index (κ2) is 3.89. The van der Waals surface area contributed by atoms with E-state index in [4.69, 9.17) is 4.74 Å². The quantitative estimate of drug-likeness (QED) is 0.837. The first-order valence-electron chi connectivity index (χ1n) is 5.25. The van der Waals surface area contributed by atoms with Gasteiger partial charge in [0.15, 0.2) is 6.10 Å². The number of benzene rings is 1. The number of hydrogen-bond acceptors (Lipinski definition) is 4. The first kappa shape index (κ1) is 9.83. The van der Waals surface area contributed by atoms with E-state index in [9.17, 15) is 4.79 Å². The summed E-state index contributed by atoms with van der Waals surface area (Å²) < 4.78 is 6.68. The van der Waals surface area contributed by atoms with E-state index < -0.39 is 6.09 Å². The molecular weight excluding hydrogens is 220 g/mol. The summed E-state index contributed by atoms with van der Waals surface area (Å²) in [5, 5.41) is 10.6. The number of ether oxygens (including phenoxy) is 1. The largest absolute Gasteiger partial charge is 0.438 e. The number of alkyl carbamates (subject to hydrolysis) is 1. The molecular formula is C11H10N4O2. The van der Waals surface area contributed by atoms with Crippen LogP contribution in [0.2, 0.25) is 0 Å². The van der Waals surface area contributed by atoms with Crippen LogP contribution < -0.4 is 5.32 Å². The van der Waals surface area contributed by atoms with Gasteiger partial charge in [0.25, 0.3) is 0 Å². The van der Waals surface area contributed by atoms with Crippen molar-refractivity contribution in [3.05, 3.63) is 42.2 Å². The van der Waals surface area contributed by atoms with Crippen molar-refractivity contribution < 1.29 is 9.53 Å². The number of aromatic nitrogens is 3. The number of para-hydroxylation sites is 1. The molecule has 6 nitrogen and oxygen atoms in total. The second-order valence-electron chi connectivity index (χ2n) is 3.70. The minimum Gasteiger partial charge on any atom is -0.438 e. The van der Waals surface area contributed by atoms with Crippen LogP contribution in [0.25, 0.3) is 5.69 Å². The molecule has 0 radical (unpaired) electrons. The number of cyclic esters (lactones) is 1. The summed E-state index contributed by atoms with van der Waals surface area (Å²) >= 11 is 0. The maximum Gasteiger partial charge on any atom is 0.408 e. The van der Waals surface area contributed by atoms with Crippen LogP contribution in [0.4, 0.5) is 4.79 Å². The van der Waals surface area contributed by atoms with E-state index in [2.05, 4.69) is 15.6 Å². The number of rotatable bonds is 2. The third-order valence-corrected chi connectivity index (χ3v) is 2.54. The van der Waals surface area contributed by atoms with E-state index in [-0.39, 0.29) is 6.10 Å². The van der Waals surface area contributed by atoms with Gasteiger partial charge in [-0.05, 0) is 12.1 Å². The second-order valence-corrected chi connectivity index (χ2v) is 3.70. The Bertz CT molecular complexity index is 537. The summed E-state index contributed by atoms with van der Waals surface area (Å²) in [6, 6.07) is 9.64. The van der Waals surface area contributed by atoms with Crippen molar-refractivity contribution >= 4 is 6.09 Å². The van der Waals surface area contributed by atoms with Gasteiger partial charge in [-0.15, -0.1) is 5.10 Å². The Hall–Kier alpha value is -2.37. The number of carbonyl (C=O) groups is 1. The molecule has 2 aromatic rings. The first-order valence-corrected chi connectivity index (χ1v) is 5.25. The van der Waals surface area contributed by atoms with Crippen molar-refractivity contribution in [1.82, 2.24) is 20.3 Å². The van der Waals surface area contributed by atoms with E-state index >= 15 is 0 Å². The van der Waals surface area contributed by atoms with Crippen LogP contribution in [-0.2, 0) is 4.74 Å². The van der Waals surface area contributed by atoms with Gasteiger partial charge in [-0.1, -0.05) is 23.4 Å². The Labute approximate surface area is 97.2 Å². The molecule has 0 spiro atoms. The number of nitrogens with zero attached hydrogens (tertiary/aromatic N) is 3. The van der Waals surface area contributed by atoms with Crippen LogP contribution in [-0.4, -0.2) is 27.6 Å². The van der Waals surface area contributed by atoms with E-state index in [1.807, 2.05) is 30.3 Å². The van der Waals surface area contributed by atoms with Crippen molar-refractivity contribution in [3.8, 4) is 5.69 Å². The molecule has 2 heterocycles. The van der Waals surface area contributed by atoms with Crippen molar-refractivity contribution in [3.63, 3.8) is 0 Å². The van der Waals surface area contributed by atoms with Crippen LogP contribution in [0.1, 0.15) is 11.8 Å². The Morgan fingerprint density at radius 3 is 2.88 bits per heavy atom. The van der Waals surface area contributed by atoms with E-state index in [0.29, 0.717) is 12.2 Å². The average molecular weight is 230 g/mol. The molecule has 1 atom stereocenters. The fourth-order valence-corrected chi connectivity index (χ4v) is 1.68. The molecule has 1 aliphatic rings. The maximum atomic E-state index is 10.9. The van der Waals surface area contributed by atoms with Crippen molar-refractivity contribution in [2.45, 2.75) is 6.10 Å². The van der Waals surface area contributed by atoms with Crippen molar-refractivity contribution in [1.29, 1.82) is 0 Å². The Balaban J connectivity index is 1.86. The minimum atomic E-state index is -0.413. The van der Waals surface area contributed by atoms with Crippen LogP contribution in [0.3, 0.4) is 0 Å². The summed E-state index contributed by atoms with van der Waals surface area (Å²) in [4.78, 5) is 10.9. The Kier molecular flexibility index (Phi) is 2.25. The molecule has 1 unspecified atom stereocenters. The molecule has 1 aromatic carbocycles. The molecule has 1 saturated heterocycles. The predicted octanol–water partition coefficient (Wildman–Crippen LogP) is 1.05. The minimum absolute atomic E-state index is 0.347. The molecule has 1 amide bonds. The smallest absolute Gasteiger partial charge is 0.408 e. The zero-order valence-corrected chi connectivity index (χ0v) is 8.91. The lowest BCUT2D eigenvalue weighted by atomic mass is 10.3. The van der Waals surface area contributed by atoms with Gasteiger partial charge < -0.3 is 10.1 Å². The van der Waals surface area contributed by atoms with Crippen molar-refractivity contribution in [2.75, 3.05) is 6.54 Å². The fourth-order valence-electron chi connectivity index (χ4n) is 1.68. The monoisotopic (exact) mass is 230 g/mol. The summed E-state index contributed by atoms with van der Waals surface area (Å²) in [6.07, 6.45) is 1.00. The normalized spacial score (nSPS) is 18.8. The van der Waals surface area contributed by atoms with Crippen LogP contribution in [0.5, 0.6) is 0 Å². The van der Waals surface area contributed by atoms with E-state index in [0.717, 1.165) is 5.69 Å². The molecule has 1 fully saturated rings. The number of carbonyl (C=O) groups excluding carboxylic acids is 1. The fraction of sp³-hybridized carbons (Fsp3) is 0.182. The molecule has 6 heteroatoms. The van der Waals surface area contributed by atoms with Gasteiger partial charge in [0.1, 0.15) is 5.69 Å². The zero-order chi connectivity index (χ0) is 11.7. The Morgan fingerprint density at radius 2 is 2.18 bits per heavy atom. The SMILES string of the molecule is O=C1NCC(c2cn(-c3ccccc3)nn2)O1. The third kappa shape index (κ3) is 1.84. The highest BCUT2D eigenvalue weighted by atomic mass is 16.6. The van der Waals surface area contributed by atoms with E-state index in [1.54, 1.807) is 10.9 Å². The highest BCUT2D eigenvalue weighted by Gasteiger charge is 2.26. The topological polar surface area (TPSA) is 69.0 Å². The molecule has 3 rings (SSSR count). The highest BCUT2D eigenvalue weighted by molar-refractivity contribution is 5.69. The molecule has 1 aliphatic heterocycles. The summed E-state index contributed by atoms with van der Waals surface area (Å²) in [5.74, 6) is 0. The molecule has 1 aromatic heterocycles. The van der Waals surface area contributed by atoms with Crippen LogP contribution in [0.15, 0.2) is 36.5 Å². The van der Waals surface area contributed by atoms with Gasteiger partial charge in [-0.2, -0.15) is 0 Å². The van der Waals surface area contributed by atoms with Gasteiger partial charge in [0.05, 0.1) is 18.4 Å². The summed E-state index contributed by atoms with van der Waals surface area (Å²) in [6.45, 7) is 0.437. The Morgan fingerprint density at radius 1 is 1.35 bits per heavy atom. The summed E-state index contributed by atoms with van der Waals surface area (Å²) in [7, 11) is 0. The zero-order valence-electron chi connectivity index (χ0n) is 8.91. The molecule has 17 heavy (non-hydrogen) atoms. The predicted molar refractivity (Wildman–Crippen MR) is 58.6 cm³/mol. The first-order chi connectivity index (χ1) is 8.33. The lowest BCUT2D eigenvalue weighted by Crippen LogP contribution is -2.12. The van der Waals surface area contributed by atoms with Crippen LogP contribution >= 0.6 is 0 Å². The lowest BCUT2D eigenvalue weighted by molar-refractivity contribution is 0.139. The summed E-state index contributed by atoms with van der Waals surface area (Å²) in [5.41, 5.74) is 1.57. The van der Waals surface area contributed by atoms with Crippen LogP contribution in [0, 0.1) is 0 Å². The lowest BCUT2D eigenvalue weighted by Gasteiger charge is -2.01. The highest BCUT2D eigenvalue weighted by Crippen LogP contribution is 2.18. The number of nitrogens with one attached hydrogen (secondary N) is 1. The van der Waals surface area contributed by atoms with Gasteiger partial charge in [-0.25, -0.2) is 9.48 Å². The average Bonchev–Trinajstić information content (AvgIpc) is 2.98. The molecule has 0 bridgehead atoms. The van der Waals surface area contributed by atoms with Gasteiger partial charge >= 0.3 is 6.09 Å². The van der Waals surface area contributed by atoms with Gasteiger partial charge in [0.2, 0.25) is 0 Å².